The van der Waals surface area contributed by atoms with Crippen LogP contribution in [0.5, 0.6) is 11.5 Å². The minimum absolute atomic E-state index is 0.128. The molecule has 3 rings (SSSR count). The van der Waals surface area contributed by atoms with Crippen molar-refractivity contribution in [3.8, 4) is 11.5 Å². The summed E-state index contributed by atoms with van der Waals surface area (Å²) in [5.41, 5.74) is 1.79. The summed E-state index contributed by atoms with van der Waals surface area (Å²) in [6.45, 7) is 4.45. The molecular weight excluding hydrogens is 458 g/mol. The molecule has 1 saturated heterocycles. The number of rotatable bonds is 7. The fourth-order valence-electron chi connectivity index (χ4n) is 2.63. The fourth-order valence-corrected chi connectivity index (χ4v) is 4.16. The number of hydrogen-bond donors (Lipinski definition) is 0. The third-order valence-electron chi connectivity index (χ3n) is 4.00. The SMILES string of the molecule is C=CCN1C(=O)/C(=C/c2cccc(OC)c2OCc2ccc(Br)cc2)SC1=S. The highest BCUT2D eigenvalue weighted by molar-refractivity contribution is 9.10. The first kappa shape index (κ1) is 20.6. The van der Waals surface area contributed by atoms with E-state index in [9.17, 15) is 4.79 Å². The van der Waals surface area contributed by atoms with Gasteiger partial charge in [0.15, 0.2) is 11.5 Å². The lowest BCUT2D eigenvalue weighted by atomic mass is 10.1. The highest BCUT2D eigenvalue weighted by Gasteiger charge is 2.31. The first-order chi connectivity index (χ1) is 13.5. The van der Waals surface area contributed by atoms with Crippen molar-refractivity contribution in [3.63, 3.8) is 0 Å². The molecule has 144 valence electrons. The van der Waals surface area contributed by atoms with Crippen LogP contribution in [0.25, 0.3) is 6.08 Å². The van der Waals surface area contributed by atoms with Crippen LogP contribution < -0.4 is 9.47 Å². The van der Waals surface area contributed by atoms with E-state index in [4.69, 9.17) is 21.7 Å². The Balaban J connectivity index is 1.89. The molecule has 0 N–H and O–H groups in total. The molecule has 1 aliphatic heterocycles. The van der Waals surface area contributed by atoms with Crippen LogP contribution in [-0.2, 0) is 11.4 Å². The molecule has 1 fully saturated rings. The number of thiocarbonyl (C=S) groups is 1. The van der Waals surface area contributed by atoms with Crippen molar-refractivity contribution >= 4 is 56.2 Å². The van der Waals surface area contributed by atoms with Crippen molar-refractivity contribution in [2.75, 3.05) is 13.7 Å². The largest absolute Gasteiger partial charge is 0.493 e. The standard InChI is InChI=1S/C21H18BrNO3S2/c1-3-11-23-20(24)18(28-21(23)27)12-15-5-4-6-17(25-2)19(15)26-13-14-7-9-16(22)10-8-14/h3-10,12H,1,11,13H2,2H3/b18-12-. The smallest absolute Gasteiger partial charge is 0.266 e. The van der Waals surface area contributed by atoms with Gasteiger partial charge in [-0.05, 0) is 29.8 Å². The van der Waals surface area contributed by atoms with Gasteiger partial charge in [0.2, 0.25) is 0 Å². The van der Waals surface area contributed by atoms with E-state index < -0.39 is 0 Å². The van der Waals surface area contributed by atoms with Crippen LogP contribution in [0.1, 0.15) is 11.1 Å². The summed E-state index contributed by atoms with van der Waals surface area (Å²) in [5, 5.41) is 0. The molecule has 4 nitrogen and oxygen atoms in total. The van der Waals surface area contributed by atoms with Crippen LogP contribution in [0.4, 0.5) is 0 Å². The Kier molecular flexibility index (Phi) is 6.93. The first-order valence-electron chi connectivity index (χ1n) is 8.44. The number of carbonyl (C=O) groups excluding carboxylic acids is 1. The molecule has 0 radical (unpaired) electrons. The molecule has 1 aliphatic rings. The number of ether oxygens (including phenoxy) is 2. The number of carbonyl (C=O) groups is 1. The summed E-state index contributed by atoms with van der Waals surface area (Å²) in [5.74, 6) is 1.06. The van der Waals surface area contributed by atoms with Crippen LogP contribution in [0, 0.1) is 0 Å². The van der Waals surface area contributed by atoms with Crippen LogP contribution in [0.3, 0.4) is 0 Å². The zero-order valence-corrected chi connectivity index (χ0v) is 18.4. The number of hydrogen-bond acceptors (Lipinski definition) is 5. The maximum absolute atomic E-state index is 12.6. The lowest BCUT2D eigenvalue weighted by Crippen LogP contribution is -2.27. The molecule has 0 aromatic heterocycles. The highest BCUT2D eigenvalue weighted by atomic mass is 79.9. The molecule has 2 aromatic carbocycles. The van der Waals surface area contributed by atoms with Crippen molar-refractivity contribution < 1.29 is 14.3 Å². The molecule has 1 heterocycles. The van der Waals surface area contributed by atoms with Crippen LogP contribution >= 0.6 is 39.9 Å². The lowest BCUT2D eigenvalue weighted by molar-refractivity contribution is -0.121. The second-order valence-electron chi connectivity index (χ2n) is 5.87. The molecule has 1 amide bonds. The molecule has 0 spiro atoms. The van der Waals surface area contributed by atoms with Gasteiger partial charge in [-0.15, -0.1) is 6.58 Å². The Hall–Kier alpha value is -2.09. The molecule has 0 unspecified atom stereocenters. The summed E-state index contributed by atoms with van der Waals surface area (Å²) in [6.07, 6.45) is 3.45. The number of amides is 1. The van der Waals surface area contributed by atoms with Gasteiger partial charge in [0.25, 0.3) is 5.91 Å². The van der Waals surface area contributed by atoms with E-state index in [0.717, 1.165) is 15.6 Å². The van der Waals surface area contributed by atoms with E-state index in [1.54, 1.807) is 19.3 Å². The third-order valence-corrected chi connectivity index (χ3v) is 5.90. The summed E-state index contributed by atoms with van der Waals surface area (Å²) in [4.78, 5) is 14.7. The Morgan fingerprint density at radius 1 is 1.25 bits per heavy atom. The van der Waals surface area contributed by atoms with Gasteiger partial charge in [0.05, 0.1) is 12.0 Å². The van der Waals surface area contributed by atoms with Gasteiger partial charge in [-0.25, -0.2) is 0 Å². The number of para-hydroxylation sites is 1. The number of benzene rings is 2. The van der Waals surface area contributed by atoms with E-state index in [1.807, 2.05) is 42.5 Å². The predicted molar refractivity (Wildman–Crippen MR) is 122 cm³/mol. The van der Waals surface area contributed by atoms with Gasteiger partial charge >= 0.3 is 0 Å². The highest BCUT2D eigenvalue weighted by Crippen LogP contribution is 2.37. The number of thioether (sulfide) groups is 1. The van der Waals surface area contributed by atoms with Gasteiger partial charge in [0, 0.05) is 16.6 Å². The summed E-state index contributed by atoms with van der Waals surface area (Å²) < 4.78 is 13.1. The van der Waals surface area contributed by atoms with E-state index in [2.05, 4.69) is 22.5 Å². The zero-order chi connectivity index (χ0) is 20.1. The van der Waals surface area contributed by atoms with Crippen molar-refractivity contribution in [2.24, 2.45) is 0 Å². The van der Waals surface area contributed by atoms with Crippen LogP contribution in [0.15, 0.2) is 64.5 Å². The average molecular weight is 476 g/mol. The summed E-state index contributed by atoms with van der Waals surface area (Å²) >= 11 is 10.0. The predicted octanol–water partition coefficient (Wildman–Crippen LogP) is 5.42. The van der Waals surface area contributed by atoms with E-state index in [0.29, 0.717) is 33.9 Å². The second kappa shape index (κ2) is 9.41. The molecular formula is C21H18BrNO3S2. The van der Waals surface area contributed by atoms with E-state index in [1.165, 1.54) is 16.7 Å². The zero-order valence-electron chi connectivity index (χ0n) is 15.2. The Morgan fingerprint density at radius 3 is 2.68 bits per heavy atom. The number of methoxy groups -OCH3 is 1. The first-order valence-corrected chi connectivity index (χ1v) is 10.5. The van der Waals surface area contributed by atoms with Crippen molar-refractivity contribution in [2.45, 2.75) is 6.61 Å². The third kappa shape index (κ3) is 4.66. The normalized spacial score (nSPS) is 15.2. The number of nitrogens with zero attached hydrogens (tertiary/aromatic N) is 1. The van der Waals surface area contributed by atoms with Crippen LogP contribution in [-0.4, -0.2) is 28.8 Å². The lowest BCUT2D eigenvalue weighted by Gasteiger charge is -2.14. The number of halogens is 1. The van der Waals surface area contributed by atoms with E-state index in [-0.39, 0.29) is 5.91 Å². The maximum atomic E-state index is 12.6. The summed E-state index contributed by atoms with van der Waals surface area (Å²) in [6, 6.07) is 13.5. The van der Waals surface area contributed by atoms with Crippen LogP contribution in [0.2, 0.25) is 0 Å². The van der Waals surface area contributed by atoms with Crippen molar-refractivity contribution in [3.05, 3.63) is 75.6 Å². The molecule has 28 heavy (non-hydrogen) atoms. The van der Waals surface area contributed by atoms with Gasteiger partial charge in [-0.3, -0.25) is 9.69 Å². The van der Waals surface area contributed by atoms with Crippen molar-refractivity contribution in [1.82, 2.24) is 4.90 Å². The van der Waals surface area contributed by atoms with Crippen molar-refractivity contribution in [1.29, 1.82) is 0 Å². The topological polar surface area (TPSA) is 38.8 Å². The van der Waals surface area contributed by atoms with Gasteiger partial charge in [0.1, 0.15) is 10.9 Å². The quantitative estimate of drug-likeness (QED) is 0.303. The molecule has 2 aromatic rings. The molecule has 0 bridgehead atoms. The Morgan fingerprint density at radius 2 is 2.00 bits per heavy atom. The monoisotopic (exact) mass is 475 g/mol. The molecule has 0 aliphatic carbocycles. The molecule has 7 heteroatoms. The maximum Gasteiger partial charge on any atom is 0.266 e. The second-order valence-corrected chi connectivity index (χ2v) is 8.47. The molecule has 0 saturated carbocycles. The Bertz CT molecular complexity index is 941. The fraction of sp³-hybridized carbons (Fsp3) is 0.143. The van der Waals surface area contributed by atoms with E-state index >= 15 is 0 Å². The van der Waals surface area contributed by atoms with Gasteiger partial charge in [-0.2, -0.15) is 0 Å². The van der Waals surface area contributed by atoms with Gasteiger partial charge in [-0.1, -0.05) is 70.3 Å². The molecule has 0 atom stereocenters. The summed E-state index contributed by atoms with van der Waals surface area (Å²) in [7, 11) is 1.59. The average Bonchev–Trinajstić information content (AvgIpc) is 2.96. The minimum Gasteiger partial charge on any atom is -0.493 e. The minimum atomic E-state index is -0.128. The van der Waals surface area contributed by atoms with Gasteiger partial charge < -0.3 is 9.47 Å². The Labute approximate surface area is 182 Å².